The van der Waals surface area contributed by atoms with Gasteiger partial charge in [-0.25, -0.2) is 4.79 Å². The van der Waals surface area contributed by atoms with Crippen LogP contribution in [0.4, 0.5) is 4.79 Å². The summed E-state index contributed by atoms with van der Waals surface area (Å²) in [6, 6.07) is 6.59. The second-order valence-corrected chi connectivity index (χ2v) is 4.30. The van der Waals surface area contributed by atoms with Crippen LogP contribution in [0.15, 0.2) is 24.3 Å². The molecule has 20 heavy (non-hydrogen) atoms. The molecule has 0 spiro atoms. The van der Waals surface area contributed by atoms with Crippen molar-refractivity contribution >= 4 is 17.8 Å². The molecule has 0 aliphatic carbocycles. The summed E-state index contributed by atoms with van der Waals surface area (Å²) in [5, 5.41) is 0. The van der Waals surface area contributed by atoms with Crippen molar-refractivity contribution in [3.05, 3.63) is 29.8 Å². The Morgan fingerprint density at radius 2 is 1.95 bits per heavy atom. The molecule has 2 N–H and O–H groups in total. The Hall–Kier alpha value is -2.41. The van der Waals surface area contributed by atoms with E-state index in [2.05, 4.69) is 0 Å². The van der Waals surface area contributed by atoms with Gasteiger partial charge < -0.3 is 10.5 Å². The van der Waals surface area contributed by atoms with Crippen LogP contribution in [-0.4, -0.2) is 47.8 Å². The molecule has 4 amide bonds. The van der Waals surface area contributed by atoms with E-state index in [4.69, 9.17) is 10.5 Å². The number of imide groups is 2. The average Bonchev–Trinajstić information content (AvgIpc) is 2.65. The van der Waals surface area contributed by atoms with Crippen LogP contribution in [0.1, 0.15) is 5.56 Å². The van der Waals surface area contributed by atoms with E-state index in [1.807, 2.05) is 6.07 Å². The van der Waals surface area contributed by atoms with Gasteiger partial charge in [0.15, 0.2) is 0 Å². The lowest BCUT2D eigenvalue weighted by molar-refractivity contribution is -0.142. The third-order valence-electron chi connectivity index (χ3n) is 2.97. The number of rotatable bonds is 5. The topological polar surface area (TPSA) is 92.9 Å². The highest BCUT2D eigenvalue weighted by Gasteiger charge is 2.41. The Morgan fingerprint density at radius 1 is 1.20 bits per heavy atom. The van der Waals surface area contributed by atoms with Gasteiger partial charge >= 0.3 is 17.8 Å². The normalized spacial score (nSPS) is 15.2. The van der Waals surface area contributed by atoms with E-state index in [1.54, 1.807) is 18.2 Å². The maximum atomic E-state index is 11.6. The number of amides is 4. The highest BCUT2D eigenvalue weighted by atomic mass is 16.5. The molecule has 0 atom stereocenters. The van der Waals surface area contributed by atoms with Gasteiger partial charge in [0.2, 0.25) is 0 Å². The molecule has 1 aliphatic rings. The number of hydrogen-bond acceptors (Lipinski definition) is 5. The number of likely N-dealkylation sites (N-methyl/N-ethyl adjacent to an activating group) is 1. The number of carbonyl (C=O) groups is 3. The number of hydrogen-bond donors (Lipinski definition) is 1. The van der Waals surface area contributed by atoms with Crippen molar-refractivity contribution in [2.75, 3.05) is 20.2 Å². The molecule has 0 unspecified atom stereocenters. The summed E-state index contributed by atoms with van der Waals surface area (Å²) in [5.74, 6) is -1.04. The van der Waals surface area contributed by atoms with Gasteiger partial charge in [-0.05, 0) is 17.7 Å². The van der Waals surface area contributed by atoms with Crippen LogP contribution in [0.3, 0.4) is 0 Å². The van der Waals surface area contributed by atoms with Crippen molar-refractivity contribution < 1.29 is 19.1 Å². The monoisotopic (exact) mass is 277 g/mol. The maximum absolute atomic E-state index is 11.6. The molecule has 2 rings (SSSR count). The predicted octanol–water partition coefficient (Wildman–Crippen LogP) is -0.0553. The van der Waals surface area contributed by atoms with Gasteiger partial charge in [0.25, 0.3) is 0 Å². The molecule has 0 aromatic heterocycles. The fourth-order valence-electron chi connectivity index (χ4n) is 1.83. The molecule has 1 fully saturated rings. The maximum Gasteiger partial charge on any atom is 0.334 e. The summed E-state index contributed by atoms with van der Waals surface area (Å²) in [4.78, 5) is 36.1. The van der Waals surface area contributed by atoms with Gasteiger partial charge in [-0.15, -0.1) is 0 Å². The zero-order chi connectivity index (χ0) is 14.7. The first-order valence-corrected chi connectivity index (χ1v) is 6.10. The van der Waals surface area contributed by atoms with Crippen molar-refractivity contribution in [2.24, 2.45) is 5.73 Å². The molecular weight excluding hydrogens is 262 g/mol. The highest BCUT2D eigenvalue weighted by Crippen LogP contribution is 2.14. The lowest BCUT2D eigenvalue weighted by Crippen LogP contribution is -2.35. The van der Waals surface area contributed by atoms with Gasteiger partial charge in [-0.1, -0.05) is 12.1 Å². The van der Waals surface area contributed by atoms with Crippen LogP contribution in [0.2, 0.25) is 0 Å². The van der Waals surface area contributed by atoms with Crippen molar-refractivity contribution in [1.29, 1.82) is 0 Å². The zero-order valence-corrected chi connectivity index (χ0v) is 11.0. The van der Waals surface area contributed by atoms with E-state index in [9.17, 15) is 14.4 Å². The Balaban J connectivity index is 1.91. The smallest absolute Gasteiger partial charge is 0.334 e. The predicted molar refractivity (Wildman–Crippen MR) is 69.7 cm³/mol. The molecule has 1 aliphatic heterocycles. The number of ether oxygens (including phenoxy) is 1. The number of benzene rings is 1. The van der Waals surface area contributed by atoms with Crippen LogP contribution in [-0.2, 0) is 16.1 Å². The molecule has 1 heterocycles. The standard InChI is InChI=1S/C13H15N3O4/c1-15-11(17)12(18)16(13(15)19)5-6-20-10-4-2-3-9(7-10)8-14/h2-4,7H,5-6,8,14H2,1H3. The summed E-state index contributed by atoms with van der Waals surface area (Å²) in [6.07, 6.45) is 0. The molecular formula is C13H15N3O4. The Labute approximate surface area is 115 Å². The van der Waals surface area contributed by atoms with Crippen LogP contribution in [0, 0.1) is 0 Å². The summed E-state index contributed by atoms with van der Waals surface area (Å²) in [7, 11) is 1.27. The van der Waals surface area contributed by atoms with Crippen molar-refractivity contribution in [1.82, 2.24) is 9.80 Å². The van der Waals surface area contributed by atoms with Gasteiger partial charge in [0.1, 0.15) is 12.4 Å². The second-order valence-electron chi connectivity index (χ2n) is 4.30. The van der Waals surface area contributed by atoms with E-state index in [1.165, 1.54) is 7.05 Å². The number of urea groups is 1. The zero-order valence-electron chi connectivity index (χ0n) is 11.0. The van der Waals surface area contributed by atoms with Gasteiger partial charge in [0.05, 0.1) is 6.54 Å². The van der Waals surface area contributed by atoms with Crippen molar-refractivity contribution in [2.45, 2.75) is 6.54 Å². The Morgan fingerprint density at radius 3 is 2.55 bits per heavy atom. The van der Waals surface area contributed by atoms with Crippen LogP contribution < -0.4 is 10.5 Å². The lowest BCUT2D eigenvalue weighted by Gasteiger charge is -2.13. The number of nitrogens with two attached hydrogens (primary N) is 1. The summed E-state index contributed by atoms with van der Waals surface area (Å²) in [5.41, 5.74) is 6.44. The van der Waals surface area contributed by atoms with Crippen molar-refractivity contribution in [3.8, 4) is 5.75 Å². The number of nitrogens with zero attached hydrogens (tertiary/aromatic N) is 2. The first kappa shape index (κ1) is 14.0. The van der Waals surface area contributed by atoms with E-state index in [-0.39, 0.29) is 13.2 Å². The van der Waals surface area contributed by atoms with Crippen molar-refractivity contribution in [3.63, 3.8) is 0 Å². The minimum Gasteiger partial charge on any atom is -0.492 e. The van der Waals surface area contributed by atoms with Gasteiger partial charge in [-0.2, -0.15) is 0 Å². The van der Waals surface area contributed by atoms with E-state index < -0.39 is 17.8 Å². The second kappa shape index (κ2) is 5.70. The van der Waals surface area contributed by atoms with E-state index in [0.29, 0.717) is 12.3 Å². The highest BCUT2D eigenvalue weighted by molar-refractivity contribution is 6.44. The Kier molecular flexibility index (Phi) is 3.99. The molecule has 7 nitrogen and oxygen atoms in total. The first-order valence-electron chi connectivity index (χ1n) is 6.10. The molecule has 1 saturated heterocycles. The fourth-order valence-corrected chi connectivity index (χ4v) is 1.83. The van der Waals surface area contributed by atoms with Crippen LogP contribution >= 0.6 is 0 Å². The lowest BCUT2D eigenvalue weighted by atomic mass is 10.2. The minimum absolute atomic E-state index is 0.0284. The number of carbonyl (C=O) groups excluding carboxylic acids is 3. The van der Waals surface area contributed by atoms with Crippen LogP contribution in [0.25, 0.3) is 0 Å². The summed E-state index contributed by atoms with van der Waals surface area (Å²) >= 11 is 0. The Bertz CT molecular complexity index is 558. The van der Waals surface area contributed by atoms with Crippen LogP contribution in [0.5, 0.6) is 5.75 Å². The van der Waals surface area contributed by atoms with Gasteiger partial charge in [-0.3, -0.25) is 19.4 Å². The van der Waals surface area contributed by atoms with Gasteiger partial charge in [0, 0.05) is 13.6 Å². The molecule has 0 saturated carbocycles. The summed E-state index contributed by atoms with van der Waals surface area (Å²) in [6.45, 7) is 0.548. The van der Waals surface area contributed by atoms with E-state index in [0.717, 1.165) is 15.4 Å². The quantitative estimate of drug-likeness (QED) is 0.601. The SMILES string of the molecule is CN1C(=O)C(=O)N(CCOc2cccc(CN)c2)C1=O. The third-order valence-corrected chi connectivity index (χ3v) is 2.97. The molecule has 1 aromatic rings. The third kappa shape index (κ3) is 2.62. The fraction of sp³-hybridized carbons (Fsp3) is 0.308. The molecule has 106 valence electrons. The summed E-state index contributed by atoms with van der Waals surface area (Å²) < 4.78 is 5.45. The molecule has 0 bridgehead atoms. The largest absolute Gasteiger partial charge is 0.492 e. The molecule has 0 radical (unpaired) electrons. The minimum atomic E-state index is -0.822. The molecule has 7 heteroatoms. The first-order chi connectivity index (χ1) is 9.54. The molecule has 1 aromatic carbocycles. The van der Waals surface area contributed by atoms with E-state index >= 15 is 0 Å². The average molecular weight is 277 g/mol.